The average molecular weight is 473 g/mol. The SMILES string of the molecule is O=C(NNc1ncnc(NNC(=O)c2ccccc2[N+](=O)[O-])c1[N+](=O)[O-])c1ccc(Cl)cc1. The molecule has 0 radical (unpaired) electrons. The average Bonchev–Trinajstić information content (AvgIpc) is 2.81. The first-order valence-corrected chi connectivity index (χ1v) is 9.27. The Morgan fingerprint density at radius 1 is 0.818 bits per heavy atom. The number of halogens is 1. The molecule has 0 aliphatic heterocycles. The fourth-order valence-corrected chi connectivity index (χ4v) is 2.66. The van der Waals surface area contributed by atoms with Crippen molar-refractivity contribution in [2.75, 3.05) is 10.9 Å². The number of carbonyl (C=O) groups is 2. The Kier molecular flexibility index (Phi) is 6.90. The van der Waals surface area contributed by atoms with Crippen LogP contribution in [-0.2, 0) is 0 Å². The molecule has 14 nitrogen and oxygen atoms in total. The molecule has 0 fully saturated rings. The van der Waals surface area contributed by atoms with E-state index >= 15 is 0 Å². The lowest BCUT2D eigenvalue weighted by Gasteiger charge is -2.11. The summed E-state index contributed by atoms with van der Waals surface area (Å²) < 4.78 is 0. The summed E-state index contributed by atoms with van der Waals surface area (Å²) in [6, 6.07) is 11.0. The van der Waals surface area contributed by atoms with Crippen LogP contribution in [0.15, 0.2) is 54.9 Å². The van der Waals surface area contributed by atoms with Gasteiger partial charge in [0.05, 0.1) is 9.85 Å². The van der Waals surface area contributed by atoms with Gasteiger partial charge in [-0.25, -0.2) is 9.97 Å². The van der Waals surface area contributed by atoms with Gasteiger partial charge in [0.2, 0.25) is 11.6 Å². The second-order valence-corrected chi connectivity index (χ2v) is 6.55. The topological polar surface area (TPSA) is 194 Å². The molecule has 15 heteroatoms. The van der Waals surface area contributed by atoms with E-state index in [1.165, 1.54) is 42.5 Å². The fraction of sp³-hybridized carbons (Fsp3) is 0. The molecule has 1 heterocycles. The minimum Gasteiger partial charge on any atom is -0.276 e. The van der Waals surface area contributed by atoms with Gasteiger partial charge in [-0.3, -0.25) is 51.5 Å². The molecule has 0 spiro atoms. The fourth-order valence-electron chi connectivity index (χ4n) is 2.53. The van der Waals surface area contributed by atoms with Crippen molar-refractivity contribution in [3.63, 3.8) is 0 Å². The molecule has 1 aromatic heterocycles. The predicted molar refractivity (Wildman–Crippen MR) is 115 cm³/mol. The van der Waals surface area contributed by atoms with Gasteiger partial charge in [-0.2, -0.15) is 0 Å². The highest BCUT2D eigenvalue weighted by Gasteiger charge is 2.25. The summed E-state index contributed by atoms with van der Waals surface area (Å²) in [4.78, 5) is 53.0. The van der Waals surface area contributed by atoms with E-state index in [1.807, 2.05) is 0 Å². The molecule has 33 heavy (non-hydrogen) atoms. The van der Waals surface area contributed by atoms with Crippen LogP contribution >= 0.6 is 11.6 Å². The Bertz CT molecular complexity index is 1240. The van der Waals surface area contributed by atoms with Crippen molar-refractivity contribution in [3.05, 3.63) is 91.2 Å². The number of anilines is 2. The van der Waals surface area contributed by atoms with E-state index in [0.29, 0.717) is 5.02 Å². The van der Waals surface area contributed by atoms with Gasteiger partial charge in [-0.05, 0) is 30.3 Å². The normalized spacial score (nSPS) is 10.1. The van der Waals surface area contributed by atoms with Crippen LogP contribution < -0.4 is 21.7 Å². The number of amides is 2. The molecule has 0 aliphatic carbocycles. The molecule has 0 atom stereocenters. The Labute approximate surface area is 189 Å². The molecule has 3 rings (SSSR count). The van der Waals surface area contributed by atoms with Crippen LogP contribution in [0.2, 0.25) is 5.02 Å². The zero-order valence-electron chi connectivity index (χ0n) is 16.3. The van der Waals surface area contributed by atoms with Crippen molar-refractivity contribution in [1.29, 1.82) is 0 Å². The molecule has 0 aliphatic rings. The van der Waals surface area contributed by atoms with Crippen molar-refractivity contribution in [1.82, 2.24) is 20.8 Å². The van der Waals surface area contributed by atoms with Gasteiger partial charge in [-0.1, -0.05) is 23.7 Å². The van der Waals surface area contributed by atoms with Gasteiger partial charge in [0, 0.05) is 16.7 Å². The first-order valence-electron chi connectivity index (χ1n) is 8.89. The number of rotatable bonds is 8. The van der Waals surface area contributed by atoms with Crippen LogP contribution in [-0.4, -0.2) is 31.6 Å². The Balaban J connectivity index is 1.76. The lowest BCUT2D eigenvalue weighted by Crippen LogP contribution is -2.32. The Morgan fingerprint density at radius 3 is 1.97 bits per heavy atom. The summed E-state index contributed by atoms with van der Waals surface area (Å²) in [6.45, 7) is 0. The number of hydrazine groups is 2. The number of nitrogens with one attached hydrogen (secondary N) is 4. The lowest BCUT2D eigenvalue weighted by molar-refractivity contribution is -0.385. The van der Waals surface area contributed by atoms with Crippen molar-refractivity contribution in [3.8, 4) is 0 Å². The van der Waals surface area contributed by atoms with Gasteiger partial charge in [0.25, 0.3) is 17.5 Å². The summed E-state index contributed by atoms with van der Waals surface area (Å²) >= 11 is 5.77. The summed E-state index contributed by atoms with van der Waals surface area (Å²) in [5.41, 5.74) is 7.71. The smallest absolute Gasteiger partial charge is 0.276 e. The van der Waals surface area contributed by atoms with E-state index in [9.17, 15) is 29.8 Å². The van der Waals surface area contributed by atoms with Crippen LogP contribution in [0.1, 0.15) is 20.7 Å². The van der Waals surface area contributed by atoms with E-state index in [0.717, 1.165) is 12.4 Å². The molecule has 2 amide bonds. The molecular formula is C18H13ClN8O6. The molecule has 2 aromatic carbocycles. The number of nitrogens with zero attached hydrogens (tertiary/aromatic N) is 4. The highest BCUT2D eigenvalue weighted by atomic mass is 35.5. The molecule has 0 unspecified atom stereocenters. The maximum Gasteiger partial charge on any atom is 0.356 e. The number of nitro groups is 2. The second-order valence-electron chi connectivity index (χ2n) is 6.12. The molecule has 0 saturated carbocycles. The number of carbonyl (C=O) groups excluding carboxylic acids is 2. The third-order valence-electron chi connectivity index (χ3n) is 4.05. The van der Waals surface area contributed by atoms with Crippen LogP contribution in [0.25, 0.3) is 0 Å². The number of para-hydroxylation sites is 1. The molecule has 168 valence electrons. The van der Waals surface area contributed by atoms with Crippen LogP contribution in [0, 0.1) is 20.2 Å². The number of aromatic nitrogens is 2. The van der Waals surface area contributed by atoms with E-state index in [-0.39, 0.29) is 16.9 Å². The number of benzene rings is 2. The van der Waals surface area contributed by atoms with Crippen LogP contribution in [0.5, 0.6) is 0 Å². The Morgan fingerprint density at radius 2 is 1.39 bits per heavy atom. The highest BCUT2D eigenvalue weighted by molar-refractivity contribution is 6.30. The third-order valence-corrected chi connectivity index (χ3v) is 4.30. The van der Waals surface area contributed by atoms with E-state index in [4.69, 9.17) is 11.6 Å². The van der Waals surface area contributed by atoms with E-state index in [2.05, 4.69) is 31.7 Å². The zero-order valence-corrected chi connectivity index (χ0v) is 17.1. The number of hydrogen-bond acceptors (Lipinski definition) is 10. The maximum absolute atomic E-state index is 12.3. The van der Waals surface area contributed by atoms with E-state index < -0.39 is 38.9 Å². The van der Waals surface area contributed by atoms with Crippen molar-refractivity contribution in [2.24, 2.45) is 0 Å². The first kappa shape index (κ1) is 22.8. The van der Waals surface area contributed by atoms with E-state index in [1.54, 1.807) is 0 Å². The molecule has 0 saturated heterocycles. The van der Waals surface area contributed by atoms with Gasteiger partial charge in [0.1, 0.15) is 11.9 Å². The zero-order chi connectivity index (χ0) is 24.0. The number of hydrogen-bond donors (Lipinski definition) is 4. The number of nitro benzene ring substituents is 1. The first-order chi connectivity index (χ1) is 15.8. The van der Waals surface area contributed by atoms with Gasteiger partial charge in [-0.15, -0.1) is 0 Å². The maximum atomic E-state index is 12.3. The largest absolute Gasteiger partial charge is 0.356 e. The van der Waals surface area contributed by atoms with Gasteiger partial charge in [0.15, 0.2) is 0 Å². The highest BCUT2D eigenvalue weighted by Crippen LogP contribution is 2.28. The monoisotopic (exact) mass is 472 g/mol. The predicted octanol–water partition coefficient (Wildman–Crippen LogP) is 2.46. The van der Waals surface area contributed by atoms with Crippen LogP contribution in [0.3, 0.4) is 0 Å². The quantitative estimate of drug-likeness (QED) is 0.279. The lowest BCUT2D eigenvalue weighted by atomic mass is 10.2. The van der Waals surface area contributed by atoms with Crippen molar-refractivity contribution >= 4 is 46.4 Å². The summed E-state index contributed by atoms with van der Waals surface area (Å²) in [5.74, 6) is -2.38. The molecule has 0 bridgehead atoms. The minimum absolute atomic E-state index is 0.221. The molecule has 3 aromatic rings. The molecular weight excluding hydrogens is 460 g/mol. The second kappa shape index (κ2) is 9.97. The van der Waals surface area contributed by atoms with Crippen molar-refractivity contribution in [2.45, 2.75) is 0 Å². The summed E-state index contributed by atoms with van der Waals surface area (Å²) in [7, 11) is 0. The summed E-state index contributed by atoms with van der Waals surface area (Å²) in [5, 5.41) is 23.1. The van der Waals surface area contributed by atoms with Gasteiger partial charge >= 0.3 is 5.69 Å². The standard InChI is InChI=1S/C18H13ClN8O6/c19-11-7-5-10(6-8-11)17(28)24-22-15-14(27(32)33)16(21-9-20-15)23-25-18(29)12-3-1-2-4-13(12)26(30)31/h1-9H,(H,24,28)(H,25,29)(H2,20,21,22,23). The third kappa shape index (κ3) is 5.45. The van der Waals surface area contributed by atoms with Crippen LogP contribution in [0.4, 0.5) is 23.0 Å². The molecule has 4 N–H and O–H groups in total. The van der Waals surface area contributed by atoms with Gasteiger partial charge < -0.3 is 0 Å². The van der Waals surface area contributed by atoms with Crippen molar-refractivity contribution < 1.29 is 19.4 Å². The minimum atomic E-state index is -0.930. The Hall–Kier alpha value is -4.85. The summed E-state index contributed by atoms with van der Waals surface area (Å²) in [6.07, 6.45) is 0.934.